The van der Waals surface area contributed by atoms with Crippen LogP contribution in [0.25, 0.3) is 0 Å². The maximum Gasteiger partial charge on any atom is 3.00 e. The van der Waals surface area contributed by atoms with Crippen molar-refractivity contribution >= 4 is 70.1 Å². The fourth-order valence-electron chi connectivity index (χ4n) is 6.75. The molecule has 0 aromatic heterocycles. The molecule has 70 heavy (non-hydrogen) atoms. The monoisotopic (exact) mass is 1020 g/mol. The molecule has 0 bridgehead atoms. The summed E-state index contributed by atoms with van der Waals surface area (Å²) in [6.45, 7) is 14.4. The number of alkyl halides is 3. The maximum atomic E-state index is 10.7. The Labute approximate surface area is 438 Å². The third-order valence-corrected chi connectivity index (χ3v) is 12.2. The number of halogens is 3. The van der Waals surface area contributed by atoms with Gasteiger partial charge in [-0.3, -0.25) is 0 Å². The zero-order valence-electron chi connectivity index (χ0n) is 40.4. The summed E-state index contributed by atoms with van der Waals surface area (Å²) in [7, 11) is 0. The van der Waals surface area contributed by atoms with Crippen LogP contribution in [0, 0.1) is 0 Å². The van der Waals surface area contributed by atoms with E-state index in [1.54, 1.807) is 0 Å². The van der Waals surface area contributed by atoms with Gasteiger partial charge in [-0.25, -0.2) is 0 Å². The van der Waals surface area contributed by atoms with E-state index in [1.165, 1.54) is 16.7 Å². The Hall–Kier alpha value is -5.47. The molecule has 0 aliphatic carbocycles. The molecule has 0 heterocycles. The minimum Gasteiger partial charge on any atom is -0.549 e. The van der Waals surface area contributed by atoms with Gasteiger partial charge < -0.3 is 43.9 Å². The molecule has 6 aromatic rings. The molecular formula is C57H60AlCl3O9. The first-order valence-corrected chi connectivity index (χ1v) is 23.8. The summed E-state index contributed by atoms with van der Waals surface area (Å²) in [6.07, 6.45) is 0.707. The Morgan fingerprint density at radius 1 is 0.386 bits per heavy atom. The van der Waals surface area contributed by atoms with E-state index in [0.717, 1.165) is 33.9 Å². The number of aliphatic carboxylic acids is 3. The van der Waals surface area contributed by atoms with Gasteiger partial charge in [-0.2, -0.15) is 0 Å². The van der Waals surface area contributed by atoms with E-state index < -0.39 is 34.0 Å². The first kappa shape index (κ1) is 58.8. The summed E-state index contributed by atoms with van der Waals surface area (Å²) in [5.74, 6) is -1.52. The quantitative estimate of drug-likeness (QED) is 0.0512. The zero-order valence-corrected chi connectivity index (χ0v) is 43.9. The van der Waals surface area contributed by atoms with E-state index in [4.69, 9.17) is 49.0 Å². The van der Waals surface area contributed by atoms with Crippen LogP contribution in [0.5, 0.6) is 17.2 Å². The molecule has 0 spiro atoms. The number of benzene rings is 6. The Morgan fingerprint density at radius 2 is 0.586 bits per heavy atom. The third-order valence-electron chi connectivity index (χ3n) is 11.2. The molecule has 0 radical (unpaired) electrons. The minimum absolute atomic E-state index is 0. The Kier molecular flexibility index (Phi) is 23.9. The first-order valence-electron chi connectivity index (χ1n) is 22.5. The van der Waals surface area contributed by atoms with Gasteiger partial charge in [-0.05, 0) is 89.0 Å². The molecule has 3 atom stereocenters. The molecular weight excluding hydrogens is 962 g/mol. The first-order chi connectivity index (χ1) is 32.6. The van der Waals surface area contributed by atoms with Crippen LogP contribution in [-0.4, -0.2) is 71.2 Å². The maximum absolute atomic E-state index is 10.7. The molecule has 9 nitrogen and oxygen atoms in total. The number of ether oxygens (including phenoxy) is 3. The predicted molar refractivity (Wildman–Crippen MR) is 275 cm³/mol. The number of carboxylic acid groups (broad SMARTS) is 3. The van der Waals surface area contributed by atoms with Gasteiger partial charge in [0.15, 0.2) is 0 Å². The molecule has 6 aromatic carbocycles. The van der Waals surface area contributed by atoms with Crippen molar-refractivity contribution in [1.29, 1.82) is 0 Å². The van der Waals surface area contributed by atoms with Crippen LogP contribution in [-0.2, 0) is 49.9 Å². The Bertz CT molecular complexity index is 2190. The number of carbonyl (C=O) groups is 3. The Balaban J connectivity index is 0.000000276. The predicted octanol–water partition coefficient (Wildman–Crippen LogP) is 8.45. The standard InChI is InChI=1S/3C19H21ClO3.Al/c3*1-19(2,15-6-4-3-5-7-15)13-23-16-10-8-14(9-11-16)12-17(20)18(21)22;/h3*3-11,17H,12-13H2,1-2H3,(H,21,22);/q;;;+3/p-3. The van der Waals surface area contributed by atoms with Crippen LogP contribution in [0.15, 0.2) is 164 Å². The van der Waals surface area contributed by atoms with Crippen molar-refractivity contribution in [3.63, 3.8) is 0 Å². The Morgan fingerprint density at radius 3 is 0.771 bits per heavy atom. The van der Waals surface area contributed by atoms with E-state index in [2.05, 4.69) is 77.9 Å². The van der Waals surface area contributed by atoms with Crippen LogP contribution in [0.4, 0.5) is 0 Å². The van der Waals surface area contributed by atoms with E-state index in [1.807, 2.05) is 127 Å². The summed E-state index contributed by atoms with van der Waals surface area (Å²) >= 11 is 17.1. The number of carbonyl (C=O) groups excluding carboxylic acids is 3. The molecule has 0 amide bonds. The van der Waals surface area contributed by atoms with Crippen molar-refractivity contribution in [1.82, 2.24) is 0 Å². The molecule has 3 unspecified atom stereocenters. The van der Waals surface area contributed by atoms with Crippen molar-refractivity contribution in [3.05, 3.63) is 197 Å². The van der Waals surface area contributed by atoms with Gasteiger partial charge in [0.05, 0.1) is 53.9 Å². The molecule has 366 valence electrons. The smallest absolute Gasteiger partial charge is 0.549 e. The van der Waals surface area contributed by atoms with E-state index in [-0.39, 0.29) is 52.9 Å². The second kappa shape index (κ2) is 28.4. The second-order valence-electron chi connectivity index (χ2n) is 18.5. The third kappa shape index (κ3) is 20.1. The fourth-order valence-corrected chi connectivity index (χ4v) is 7.28. The molecule has 6 rings (SSSR count). The van der Waals surface area contributed by atoms with E-state index in [0.29, 0.717) is 19.8 Å². The molecule has 0 saturated carbocycles. The van der Waals surface area contributed by atoms with Crippen LogP contribution in [0.2, 0.25) is 0 Å². The largest absolute Gasteiger partial charge is 3.00 e. The van der Waals surface area contributed by atoms with Gasteiger partial charge in [-0.15, -0.1) is 34.8 Å². The fraction of sp³-hybridized carbons (Fsp3) is 0.316. The summed E-state index contributed by atoms with van der Waals surface area (Å²) in [4.78, 5) is 32.0. The SMILES string of the molecule is CC(C)(COc1ccc(CC(Cl)C(=O)[O-])cc1)c1ccccc1.CC(C)(COc1ccc(CC(Cl)C(=O)[O-])cc1)c1ccccc1.CC(C)(COc1ccc(CC(Cl)C(=O)[O-])cc1)c1ccccc1.[Al+3]. The average molecular weight is 1020 g/mol. The summed E-state index contributed by atoms with van der Waals surface area (Å²) < 4.78 is 17.6. The molecule has 13 heteroatoms. The van der Waals surface area contributed by atoms with Crippen LogP contribution in [0.3, 0.4) is 0 Å². The van der Waals surface area contributed by atoms with Crippen molar-refractivity contribution in [2.24, 2.45) is 0 Å². The molecule has 0 aliphatic rings. The van der Waals surface area contributed by atoms with Crippen LogP contribution in [0.1, 0.15) is 74.9 Å². The van der Waals surface area contributed by atoms with Gasteiger partial charge in [-0.1, -0.05) is 169 Å². The van der Waals surface area contributed by atoms with E-state index in [9.17, 15) is 29.7 Å². The van der Waals surface area contributed by atoms with Gasteiger partial charge >= 0.3 is 17.4 Å². The van der Waals surface area contributed by atoms with Gasteiger partial charge in [0.25, 0.3) is 0 Å². The average Bonchev–Trinajstić information content (AvgIpc) is 3.34. The molecule has 0 aliphatic heterocycles. The normalized spacial score (nSPS) is 12.5. The van der Waals surface area contributed by atoms with Gasteiger partial charge in [0.2, 0.25) is 0 Å². The molecule has 0 fully saturated rings. The van der Waals surface area contributed by atoms with E-state index >= 15 is 0 Å². The van der Waals surface area contributed by atoms with Crippen LogP contribution >= 0.6 is 34.8 Å². The van der Waals surface area contributed by atoms with Crippen molar-refractivity contribution in [3.8, 4) is 17.2 Å². The molecule has 0 saturated heterocycles. The topological polar surface area (TPSA) is 148 Å². The van der Waals surface area contributed by atoms with Crippen molar-refractivity contribution in [2.75, 3.05) is 19.8 Å². The summed E-state index contributed by atoms with van der Waals surface area (Å²) in [5, 5.41) is 28.9. The minimum atomic E-state index is -1.25. The van der Waals surface area contributed by atoms with Crippen molar-refractivity contribution in [2.45, 2.75) is 93.2 Å². The second-order valence-corrected chi connectivity index (χ2v) is 20.1. The number of carboxylic acids is 3. The van der Waals surface area contributed by atoms with Crippen LogP contribution < -0.4 is 29.5 Å². The van der Waals surface area contributed by atoms with Crippen molar-refractivity contribution < 1.29 is 43.9 Å². The summed E-state index contributed by atoms with van der Waals surface area (Å²) in [5.41, 5.74) is 5.86. The van der Waals surface area contributed by atoms with Gasteiger partial charge in [0, 0.05) is 16.2 Å². The number of rotatable bonds is 21. The van der Waals surface area contributed by atoms with Gasteiger partial charge in [0.1, 0.15) is 17.2 Å². The molecule has 0 N–H and O–H groups in total. The summed E-state index contributed by atoms with van der Waals surface area (Å²) in [6, 6.07) is 52.6. The number of hydrogen-bond acceptors (Lipinski definition) is 9. The number of hydrogen-bond donors (Lipinski definition) is 0. The zero-order chi connectivity index (χ0) is 50.6.